The molecule has 0 bridgehead atoms. The number of nitrogens with zero attached hydrogens (tertiary/aromatic N) is 2. The molecule has 0 aliphatic heterocycles. The lowest BCUT2D eigenvalue weighted by Crippen LogP contribution is -2.25. The van der Waals surface area contributed by atoms with Gasteiger partial charge in [0.2, 0.25) is 11.8 Å². The van der Waals surface area contributed by atoms with E-state index in [0.29, 0.717) is 11.8 Å². The second-order valence-electron chi connectivity index (χ2n) is 8.75. The standard InChI is InChI=1S/C27H31N3O3/c1-19(30-20(2)31)23-7-13-25(14-8-23)32-24-9-3-21(4-10-24)17-22-5-11-26(12-6-22)33-27-18-28-15-16-29-27/h5-8,11-16,18-19,21,24H,3-4,9-10,17H2,1-2H3,(H,30,31). The maximum Gasteiger partial charge on any atom is 0.237 e. The van der Waals surface area contributed by atoms with Gasteiger partial charge in [-0.25, -0.2) is 4.98 Å². The Balaban J connectivity index is 1.22. The Morgan fingerprint density at radius 2 is 1.70 bits per heavy atom. The van der Waals surface area contributed by atoms with Crippen molar-refractivity contribution in [3.63, 3.8) is 0 Å². The normalized spacial score (nSPS) is 18.8. The van der Waals surface area contributed by atoms with Gasteiger partial charge < -0.3 is 14.8 Å². The Bertz CT molecular complexity index is 1010. The molecule has 172 valence electrons. The van der Waals surface area contributed by atoms with E-state index in [1.165, 1.54) is 25.3 Å². The minimum absolute atomic E-state index is 0.000342. The number of amides is 1. The van der Waals surface area contributed by atoms with Crippen LogP contribution in [0.3, 0.4) is 0 Å². The summed E-state index contributed by atoms with van der Waals surface area (Å²) in [5.74, 6) is 2.83. The van der Waals surface area contributed by atoms with Crippen LogP contribution in [0.25, 0.3) is 0 Å². The molecule has 4 rings (SSSR count). The van der Waals surface area contributed by atoms with E-state index in [-0.39, 0.29) is 18.1 Å². The summed E-state index contributed by atoms with van der Waals surface area (Å²) in [7, 11) is 0. The number of ether oxygens (including phenoxy) is 2. The first kappa shape index (κ1) is 22.8. The number of hydrogen-bond donors (Lipinski definition) is 1. The molecule has 0 spiro atoms. The third kappa shape index (κ3) is 6.78. The van der Waals surface area contributed by atoms with Crippen LogP contribution < -0.4 is 14.8 Å². The fourth-order valence-corrected chi connectivity index (χ4v) is 4.36. The molecule has 1 aliphatic carbocycles. The van der Waals surface area contributed by atoms with E-state index in [2.05, 4.69) is 27.4 Å². The number of carbonyl (C=O) groups excluding carboxylic acids is 1. The summed E-state index contributed by atoms with van der Waals surface area (Å²) in [5.41, 5.74) is 2.41. The number of benzene rings is 2. The highest BCUT2D eigenvalue weighted by Crippen LogP contribution is 2.31. The second kappa shape index (κ2) is 10.9. The van der Waals surface area contributed by atoms with Crippen molar-refractivity contribution in [3.05, 3.63) is 78.2 Å². The molecular formula is C27H31N3O3. The average Bonchev–Trinajstić information content (AvgIpc) is 2.82. The Kier molecular flexibility index (Phi) is 7.55. The maximum absolute atomic E-state index is 11.2. The van der Waals surface area contributed by atoms with Crippen LogP contribution >= 0.6 is 0 Å². The third-order valence-corrected chi connectivity index (χ3v) is 6.11. The van der Waals surface area contributed by atoms with Gasteiger partial charge in [-0.15, -0.1) is 0 Å². The van der Waals surface area contributed by atoms with Crippen LogP contribution in [0.4, 0.5) is 0 Å². The molecule has 6 nitrogen and oxygen atoms in total. The van der Waals surface area contributed by atoms with Gasteiger partial charge in [-0.1, -0.05) is 24.3 Å². The lowest BCUT2D eigenvalue weighted by Gasteiger charge is -2.29. The summed E-state index contributed by atoms with van der Waals surface area (Å²) >= 11 is 0. The van der Waals surface area contributed by atoms with Crippen molar-refractivity contribution < 1.29 is 14.3 Å². The van der Waals surface area contributed by atoms with Crippen LogP contribution in [-0.4, -0.2) is 22.0 Å². The van der Waals surface area contributed by atoms with Gasteiger partial charge in [-0.2, -0.15) is 0 Å². The van der Waals surface area contributed by atoms with Crippen molar-refractivity contribution in [2.24, 2.45) is 5.92 Å². The van der Waals surface area contributed by atoms with E-state index in [4.69, 9.17) is 9.47 Å². The fraction of sp³-hybridized carbons (Fsp3) is 0.370. The van der Waals surface area contributed by atoms with Gasteiger partial charge >= 0.3 is 0 Å². The molecule has 2 aromatic carbocycles. The van der Waals surface area contributed by atoms with Gasteiger partial charge in [0.15, 0.2) is 0 Å². The lowest BCUT2D eigenvalue weighted by atomic mass is 9.83. The highest BCUT2D eigenvalue weighted by Gasteiger charge is 2.23. The first-order valence-electron chi connectivity index (χ1n) is 11.6. The van der Waals surface area contributed by atoms with Gasteiger partial charge in [0.1, 0.15) is 11.5 Å². The van der Waals surface area contributed by atoms with E-state index in [1.807, 2.05) is 43.3 Å². The van der Waals surface area contributed by atoms with E-state index < -0.39 is 0 Å². The fourth-order valence-electron chi connectivity index (χ4n) is 4.36. The molecule has 1 saturated carbocycles. The predicted octanol–water partition coefficient (Wildman–Crippen LogP) is 5.65. The van der Waals surface area contributed by atoms with Crippen LogP contribution in [-0.2, 0) is 11.2 Å². The number of carbonyl (C=O) groups is 1. The molecule has 3 aromatic rings. The number of nitrogens with one attached hydrogen (secondary N) is 1. The van der Waals surface area contributed by atoms with Crippen molar-refractivity contribution in [1.29, 1.82) is 0 Å². The summed E-state index contributed by atoms with van der Waals surface area (Å²) in [6.07, 6.45) is 10.7. The summed E-state index contributed by atoms with van der Waals surface area (Å²) < 4.78 is 11.9. The molecule has 1 heterocycles. The quantitative estimate of drug-likeness (QED) is 0.485. The monoisotopic (exact) mass is 445 g/mol. The van der Waals surface area contributed by atoms with Crippen molar-refractivity contribution in [2.45, 2.75) is 58.1 Å². The van der Waals surface area contributed by atoms with Crippen LogP contribution in [0, 0.1) is 5.92 Å². The van der Waals surface area contributed by atoms with E-state index in [9.17, 15) is 4.79 Å². The first-order chi connectivity index (χ1) is 16.0. The number of aromatic nitrogens is 2. The summed E-state index contributed by atoms with van der Waals surface area (Å²) in [4.78, 5) is 19.4. The number of hydrogen-bond acceptors (Lipinski definition) is 5. The van der Waals surface area contributed by atoms with Crippen LogP contribution in [0.5, 0.6) is 17.4 Å². The zero-order chi connectivity index (χ0) is 23.0. The summed E-state index contributed by atoms with van der Waals surface area (Å²) in [6, 6.07) is 16.3. The molecule has 1 N–H and O–H groups in total. The van der Waals surface area contributed by atoms with Crippen LogP contribution in [0.1, 0.15) is 56.7 Å². The molecule has 6 heteroatoms. The predicted molar refractivity (Wildman–Crippen MR) is 127 cm³/mol. The van der Waals surface area contributed by atoms with Gasteiger partial charge in [-0.05, 0) is 80.3 Å². The van der Waals surface area contributed by atoms with Gasteiger partial charge in [0.25, 0.3) is 0 Å². The molecule has 1 unspecified atom stereocenters. The molecule has 1 aromatic heterocycles. The maximum atomic E-state index is 11.2. The van der Waals surface area contributed by atoms with E-state index in [0.717, 1.165) is 36.3 Å². The third-order valence-electron chi connectivity index (χ3n) is 6.11. The second-order valence-corrected chi connectivity index (χ2v) is 8.75. The Hall–Kier alpha value is -3.41. The largest absolute Gasteiger partial charge is 0.490 e. The molecule has 1 aliphatic rings. The lowest BCUT2D eigenvalue weighted by molar-refractivity contribution is -0.119. The summed E-state index contributed by atoms with van der Waals surface area (Å²) in [6.45, 7) is 3.52. The molecule has 1 amide bonds. The van der Waals surface area contributed by atoms with Gasteiger partial charge in [-0.3, -0.25) is 9.78 Å². The summed E-state index contributed by atoms with van der Waals surface area (Å²) in [5, 5.41) is 2.91. The van der Waals surface area contributed by atoms with E-state index >= 15 is 0 Å². The topological polar surface area (TPSA) is 73.3 Å². The van der Waals surface area contributed by atoms with Crippen molar-refractivity contribution >= 4 is 5.91 Å². The zero-order valence-electron chi connectivity index (χ0n) is 19.2. The van der Waals surface area contributed by atoms with Gasteiger partial charge in [0, 0.05) is 19.3 Å². The average molecular weight is 446 g/mol. The minimum Gasteiger partial charge on any atom is -0.490 e. The minimum atomic E-state index is -0.0223. The molecule has 1 fully saturated rings. The molecule has 0 radical (unpaired) electrons. The van der Waals surface area contributed by atoms with Gasteiger partial charge in [0.05, 0.1) is 18.3 Å². The Morgan fingerprint density at radius 1 is 1.00 bits per heavy atom. The highest BCUT2D eigenvalue weighted by molar-refractivity contribution is 5.73. The Morgan fingerprint density at radius 3 is 2.33 bits per heavy atom. The van der Waals surface area contributed by atoms with Crippen LogP contribution in [0.2, 0.25) is 0 Å². The highest BCUT2D eigenvalue weighted by atomic mass is 16.5. The Labute approximate surface area is 195 Å². The zero-order valence-corrected chi connectivity index (χ0v) is 19.2. The molecule has 1 atom stereocenters. The number of rotatable bonds is 8. The molecular weight excluding hydrogens is 414 g/mol. The van der Waals surface area contributed by atoms with E-state index in [1.54, 1.807) is 18.6 Å². The van der Waals surface area contributed by atoms with Crippen molar-refractivity contribution in [3.8, 4) is 17.4 Å². The van der Waals surface area contributed by atoms with Crippen LogP contribution in [0.15, 0.2) is 67.1 Å². The SMILES string of the molecule is CC(=O)NC(C)c1ccc(OC2CCC(Cc3ccc(Oc4cnccn4)cc3)CC2)cc1. The van der Waals surface area contributed by atoms with Crippen molar-refractivity contribution in [2.75, 3.05) is 0 Å². The smallest absolute Gasteiger partial charge is 0.237 e. The molecule has 33 heavy (non-hydrogen) atoms. The molecule has 0 saturated heterocycles. The first-order valence-corrected chi connectivity index (χ1v) is 11.6. The van der Waals surface area contributed by atoms with Crippen molar-refractivity contribution in [1.82, 2.24) is 15.3 Å².